The number of nitrogen functional groups attached to an aromatic ring is 1. The topological polar surface area (TPSA) is 149 Å². The highest BCUT2D eigenvalue weighted by Gasteiger charge is 2.25. The Kier molecular flexibility index (Phi) is 7.94. The summed E-state index contributed by atoms with van der Waals surface area (Å²) in [5, 5.41) is 7.03. The number of nitrogens with zero attached hydrogens (tertiary/aromatic N) is 7. The van der Waals surface area contributed by atoms with E-state index in [0.29, 0.717) is 67.4 Å². The van der Waals surface area contributed by atoms with Crippen LogP contribution in [0, 0.1) is 11.6 Å². The molecule has 1 saturated heterocycles. The molecule has 0 radical (unpaired) electrons. The van der Waals surface area contributed by atoms with Gasteiger partial charge in [0.2, 0.25) is 5.95 Å². The minimum absolute atomic E-state index is 0.119. The Hall–Kier alpha value is -4.57. The van der Waals surface area contributed by atoms with Gasteiger partial charge in [-0.05, 0) is 24.3 Å². The summed E-state index contributed by atoms with van der Waals surface area (Å²) in [6.45, 7) is 2.95. The van der Waals surface area contributed by atoms with Gasteiger partial charge < -0.3 is 20.4 Å². The molecule has 0 aliphatic carbocycles. The van der Waals surface area contributed by atoms with Crippen LogP contribution in [-0.4, -0.2) is 90.0 Å². The van der Waals surface area contributed by atoms with Gasteiger partial charge in [-0.3, -0.25) is 23.0 Å². The molecule has 1 atom stereocenters. The number of aryl methyl sites for hydroxylation is 1. The van der Waals surface area contributed by atoms with E-state index in [2.05, 4.69) is 20.3 Å². The van der Waals surface area contributed by atoms with Crippen molar-refractivity contribution in [1.82, 2.24) is 33.9 Å². The molecular weight excluding hydrogens is 596 g/mol. The molecule has 232 valence electrons. The molecule has 0 bridgehead atoms. The number of fused-ring (bicyclic) bond motifs is 3. The van der Waals surface area contributed by atoms with E-state index in [-0.39, 0.29) is 35.2 Å². The summed E-state index contributed by atoms with van der Waals surface area (Å²) in [6.07, 6.45) is 3.06. The van der Waals surface area contributed by atoms with E-state index in [1.807, 2.05) is 0 Å². The zero-order valence-electron chi connectivity index (χ0n) is 24.1. The van der Waals surface area contributed by atoms with Gasteiger partial charge in [0.15, 0.2) is 11.4 Å². The normalized spacial score (nSPS) is 15.0. The first kappa shape index (κ1) is 29.5. The number of aromatic nitrogens is 5. The number of nitrogens with two attached hydrogens (primary N) is 1. The van der Waals surface area contributed by atoms with Gasteiger partial charge in [-0.1, -0.05) is 0 Å². The van der Waals surface area contributed by atoms with Crippen LogP contribution in [0.4, 0.5) is 20.4 Å². The highest BCUT2D eigenvalue weighted by Crippen LogP contribution is 2.27. The first-order valence-electron chi connectivity index (χ1n) is 13.9. The Morgan fingerprint density at radius 2 is 1.91 bits per heavy atom. The van der Waals surface area contributed by atoms with Gasteiger partial charge >= 0.3 is 5.69 Å². The highest BCUT2D eigenvalue weighted by atomic mass is 32.2. The van der Waals surface area contributed by atoms with E-state index in [4.69, 9.17) is 10.2 Å². The zero-order valence-corrected chi connectivity index (χ0v) is 24.9. The third kappa shape index (κ3) is 5.45. The average molecular weight is 628 g/mol. The Labute approximate surface area is 252 Å². The fraction of sp³-hybridized carbons (Fsp3) is 0.357. The molecule has 13 nitrogen and oxygen atoms in total. The van der Waals surface area contributed by atoms with Crippen LogP contribution in [0.1, 0.15) is 10.4 Å². The molecule has 6 rings (SSSR count). The van der Waals surface area contributed by atoms with Crippen molar-refractivity contribution < 1.29 is 22.2 Å². The third-order valence-electron chi connectivity index (χ3n) is 7.79. The van der Waals surface area contributed by atoms with Crippen LogP contribution >= 0.6 is 0 Å². The van der Waals surface area contributed by atoms with E-state index >= 15 is 0 Å². The van der Waals surface area contributed by atoms with Gasteiger partial charge in [0.25, 0.3) is 5.91 Å². The summed E-state index contributed by atoms with van der Waals surface area (Å²) >= 11 is 0. The second kappa shape index (κ2) is 11.8. The fourth-order valence-corrected chi connectivity index (χ4v) is 5.87. The maximum absolute atomic E-state index is 14.8. The van der Waals surface area contributed by atoms with Crippen molar-refractivity contribution >= 4 is 45.0 Å². The molecular formula is C28H31F2N9O4S. The lowest BCUT2D eigenvalue weighted by molar-refractivity contribution is 0.0952. The summed E-state index contributed by atoms with van der Waals surface area (Å²) in [7, 11) is 0.565. The van der Waals surface area contributed by atoms with Crippen LogP contribution in [0.2, 0.25) is 0 Å². The minimum atomic E-state index is -1.11. The smallest absolute Gasteiger partial charge is 0.330 e. The summed E-state index contributed by atoms with van der Waals surface area (Å²) in [5.74, 6) is -1.47. The van der Waals surface area contributed by atoms with Crippen LogP contribution in [0.3, 0.4) is 0 Å². The Morgan fingerprint density at radius 1 is 1.14 bits per heavy atom. The number of carbonyl (C=O) groups excluding carboxylic acids is 1. The van der Waals surface area contributed by atoms with E-state index in [9.17, 15) is 22.6 Å². The number of halogens is 2. The first-order valence-corrected chi connectivity index (χ1v) is 15.7. The molecule has 0 spiro atoms. The number of piperazine rings is 1. The molecule has 1 aliphatic heterocycles. The van der Waals surface area contributed by atoms with Crippen molar-refractivity contribution in [2.45, 2.75) is 6.54 Å². The van der Waals surface area contributed by atoms with Gasteiger partial charge in [-0.15, -0.1) is 0 Å². The number of amides is 1. The van der Waals surface area contributed by atoms with Gasteiger partial charge in [-0.2, -0.15) is 14.6 Å². The number of nitrogens with one attached hydrogen (secondary N) is 1. The van der Waals surface area contributed by atoms with E-state index in [1.54, 1.807) is 41.0 Å². The van der Waals surface area contributed by atoms with Crippen molar-refractivity contribution in [3.05, 3.63) is 64.3 Å². The average Bonchev–Trinajstić information content (AvgIpc) is 3.72. The monoisotopic (exact) mass is 627 g/mol. The van der Waals surface area contributed by atoms with Crippen LogP contribution in [-0.2, 0) is 24.4 Å². The third-order valence-corrected chi connectivity index (χ3v) is 8.57. The number of benzene rings is 1. The second-order valence-electron chi connectivity index (χ2n) is 10.6. The van der Waals surface area contributed by atoms with Crippen LogP contribution in [0.25, 0.3) is 28.1 Å². The minimum Gasteiger partial charge on any atom is -0.463 e. The molecule has 1 aromatic carbocycles. The molecule has 5 heterocycles. The molecule has 4 aromatic heterocycles. The van der Waals surface area contributed by atoms with Gasteiger partial charge in [-0.25, -0.2) is 13.6 Å². The summed E-state index contributed by atoms with van der Waals surface area (Å²) in [4.78, 5) is 34.2. The van der Waals surface area contributed by atoms with Gasteiger partial charge in [0.05, 0.1) is 23.0 Å². The Morgan fingerprint density at radius 3 is 2.61 bits per heavy atom. The molecule has 1 fully saturated rings. The maximum atomic E-state index is 14.8. The number of hydrogen-bond donors (Lipinski definition) is 2. The second-order valence-corrected chi connectivity index (χ2v) is 12.1. The van der Waals surface area contributed by atoms with Crippen molar-refractivity contribution in [1.29, 1.82) is 0 Å². The molecule has 5 aromatic rings. The molecule has 1 unspecified atom stereocenters. The lowest BCUT2D eigenvalue weighted by Gasteiger charge is -2.36. The Balaban J connectivity index is 1.16. The van der Waals surface area contributed by atoms with Crippen molar-refractivity contribution in [3.8, 4) is 11.5 Å². The molecule has 0 saturated carbocycles. The number of rotatable bonds is 9. The molecule has 3 N–H and O–H groups in total. The lowest BCUT2D eigenvalue weighted by Crippen LogP contribution is -2.48. The standard InChI is InChI=1S/C28H31F2N9O4S/c1-35-24-22-16-20(23-4-3-12-43-23)34-39(22)27(31)33-25(24)38(28(35)41)11-8-36-6-9-37(10-7-36)21-14-17(18(29)15-19(21)30)26(40)32-5-13-44(2)42/h3-4,12,14-16H,5-11,13H2,1-2H3,(H2,31,33)(H,32,40). The number of carbonyl (C=O) groups is 1. The predicted molar refractivity (Wildman–Crippen MR) is 162 cm³/mol. The molecule has 44 heavy (non-hydrogen) atoms. The van der Waals surface area contributed by atoms with Crippen LogP contribution in [0.15, 0.2) is 45.8 Å². The Bertz CT molecular complexity index is 1940. The SMILES string of the molecule is Cn1c(=O)n(CCN2CCN(c3cc(C(=O)NCCS(C)=O)c(F)cc3F)CC2)c2nc(N)n3nc(-c4ccco4)cc3c21. The van der Waals surface area contributed by atoms with Crippen LogP contribution < -0.4 is 21.6 Å². The first-order chi connectivity index (χ1) is 21.1. The summed E-state index contributed by atoms with van der Waals surface area (Å²) < 4.78 is 50.5. The lowest BCUT2D eigenvalue weighted by atomic mass is 10.1. The van der Waals surface area contributed by atoms with Crippen molar-refractivity contribution in [2.75, 3.05) is 61.9 Å². The number of imidazole rings is 1. The van der Waals surface area contributed by atoms with E-state index in [1.165, 1.54) is 21.4 Å². The van der Waals surface area contributed by atoms with Crippen molar-refractivity contribution in [3.63, 3.8) is 0 Å². The van der Waals surface area contributed by atoms with Crippen LogP contribution in [0.5, 0.6) is 0 Å². The molecule has 16 heteroatoms. The fourth-order valence-electron chi connectivity index (χ4n) is 5.48. The number of hydrogen-bond acceptors (Lipinski definition) is 9. The number of anilines is 2. The van der Waals surface area contributed by atoms with Gasteiger partial charge in [0.1, 0.15) is 22.8 Å². The van der Waals surface area contributed by atoms with Gasteiger partial charge in [0, 0.05) is 81.7 Å². The van der Waals surface area contributed by atoms with Crippen molar-refractivity contribution in [2.24, 2.45) is 7.05 Å². The summed E-state index contributed by atoms with van der Waals surface area (Å²) in [5.41, 5.74) is 8.09. The summed E-state index contributed by atoms with van der Waals surface area (Å²) in [6, 6.07) is 7.29. The largest absolute Gasteiger partial charge is 0.463 e. The molecule has 1 amide bonds. The molecule has 1 aliphatic rings. The quantitative estimate of drug-likeness (QED) is 0.248. The highest BCUT2D eigenvalue weighted by molar-refractivity contribution is 7.84. The predicted octanol–water partition coefficient (Wildman–Crippen LogP) is 1.43. The maximum Gasteiger partial charge on any atom is 0.330 e. The number of furan rings is 1. The van der Waals surface area contributed by atoms with E-state index in [0.717, 1.165) is 6.07 Å². The zero-order chi connectivity index (χ0) is 31.1. The van der Waals surface area contributed by atoms with E-state index < -0.39 is 28.3 Å².